The van der Waals surface area contributed by atoms with Gasteiger partial charge in [-0.3, -0.25) is 9.69 Å². The largest absolute Gasteiger partial charge is 0.469 e. The van der Waals surface area contributed by atoms with Crippen LogP contribution in [-0.2, 0) is 11.3 Å². The molecule has 1 amide bonds. The third-order valence-corrected chi connectivity index (χ3v) is 5.95. The lowest BCUT2D eigenvalue weighted by Gasteiger charge is -2.34. The second-order valence-electron chi connectivity index (χ2n) is 8.07. The molecule has 5 nitrogen and oxygen atoms in total. The van der Waals surface area contributed by atoms with Crippen molar-refractivity contribution in [1.82, 2.24) is 15.1 Å². The maximum atomic E-state index is 12.2. The molecule has 150 valence electrons. The minimum Gasteiger partial charge on any atom is -0.469 e. The molecule has 2 unspecified atom stereocenters. The van der Waals surface area contributed by atoms with Gasteiger partial charge in [0.15, 0.2) is 0 Å². The molecular formula is C23H31N3O2. The van der Waals surface area contributed by atoms with Crippen molar-refractivity contribution in [3.63, 3.8) is 0 Å². The van der Waals surface area contributed by atoms with Crippen molar-refractivity contribution in [2.45, 2.75) is 31.7 Å². The van der Waals surface area contributed by atoms with Crippen LogP contribution >= 0.6 is 0 Å². The Labute approximate surface area is 167 Å². The highest BCUT2D eigenvalue weighted by Gasteiger charge is 2.45. The summed E-state index contributed by atoms with van der Waals surface area (Å²) in [6.07, 6.45) is 4.80. The van der Waals surface area contributed by atoms with Crippen LogP contribution in [0.3, 0.4) is 0 Å². The lowest BCUT2D eigenvalue weighted by Crippen LogP contribution is -2.46. The van der Waals surface area contributed by atoms with E-state index < -0.39 is 0 Å². The second-order valence-corrected chi connectivity index (χ2v) is 8.07. The first-order valence-corrected chi connectivity index (χ1v) is 10.6. The first kappa shape index (κ1) is 19.2. The van der Waals surface area contributed by atoms with Gasteiger partial charge in [-0.05, 0) is 43.5 Å². The van der Waals surface area contributed by atoms with Gasteiger partial charge in [0.25, 0.3) is 0 Å². The lowest BCUT2D eigenvalue weighted by molar-refractivity contribution is -0.122. The average molecular weight is 382 g/mol. The highest BCUT2D eigenvalue weighted by Crippen LogP contribution is 2.47. The van der Waals surface area contributed by atoms with Gasteiger partial charge in [-0.15, -0.1) is 0 Å². The molecule has 1 saturated heterocycles. The number of carbonyl (C=O) groups excluding carboxylic acids is 1. The fourth-order valence-corrected chi connectivity index (χ4v) is 4.12. The fourth-order valence-electron chi connectivity index (χ4n) is 4.12. The first-order valence-electron chi connectivity index (χ1n) is 10.6. The van der Waals surface area contributed by atoms with E-state index in [1.165, 1.54) is 5.56 Å². The molecule has 0 radical (unpaired) electrons. The number of amides is 1. The number of hydrogen-bond acceptors (Lipinski definition) is 4. The highest BCUT2D eigenvalue weighted by molar-refractivity contribution is 5.82. The molecule has 1 aromatic heterocycles. The van der Waals surface area contributed by atoms with Crippen LogP contribution in [0.2, 0.25) is 0 Å². The Morgan fingerprint density at radius 3 is 2.54 bits per heavy atom. The molecule has 2 heterocycles. The normalized spacial score (nSPS) is 22.9. The predicted molar refractivity (Wildman–Crippen MR) is 110 cm³/mol. The van der Waals surface area contributed by atoms with Crippen LogP contribution in [0.15, 0.2) is 53.1 Å². The number of piperazine rings is 1. The Kier molecular flexibility index (Phi) is 6.45. The van der Waals surface area contributed by atoms with E-state index in [1.54, 1.807) is 6.26 Å². The minimum absolute atomic E-state index is 0.115. The third-order valence-electron chi connectivity index (χ3n) is 5.95. The first-order chi connectivity index (χ1) is 13.8. The van der Waals surface area contributed by atoms with Gasteiger partial charge in [-0.25, -0.2) is 0 Å². The Bertz CT molecular complexity index is 724. The van der Waals surface area contributed by atoms with Crippen LogP contribution in [0, 0.1) is 5.92 Å². The Balaban J connectivity index is 1.05. The van der Waals surface area contributed by atoms with Crippen LogP contribution in [-0.4, -0.2) is 55.0 Å². The van der Waals surface area contributed by atoms with Crippen molar-refractivity contribution < 1.29 is 9.21 Å². The number of hydrogen-bond donors (Lipinski definition) is 1. The van der Waals surface area contributed by atoms with Crippen LogP contribution in [0.25, 0.3) is 0 Å². The van der Waals surface area contributed by atoms with Crippen LogP contribution in [0.5, 0.6) is 0 Å². The summed E-state index contributed by atoms with van der Waals surface area (Å²) in [4.78, 5) is 17.3. The van der Waals surface area contributed by atoms with E-state index in [-0.39, 0.29) is 11.8 Å². The molecule has 2 aromatic rings. The summed E-state index contributed by atoms with van der Waals surface area (Å²) in [6.45, 7) is 7.55. The zero-order chi connectivity index (χ0) is 19.2. The number of rotatable bonds is 9. The second kappa shape index (κ2) is 9.39. The molecule has 2 atom stereocenters. The van der Waals surface area contributed by atoms with Gasteiger partial charge in [-0.2, -0.15) is 0 Å². The van der Waals surface area contributed by atoms with Gasteiger partial charge in [0, 0.05) is 51.1 Å². The van der Waals surface area contributed by atoms with Crippen molar-refractivity contribution in [1.29, 1.82) is 0 Å². The summed E-state index contributed by atoms with van der Waals surface area (Å²) in [7, 11) is 0. The highest BCUT2D eigenvalue weighted by atomic mass is 16.3. The predicted octanol–water partition coefficient (Wildman–Crippen LogP) is 3.10. The molecule has 1 saturated carbocycles. The van der Waals surface area contributed by atoms with Crippen LogP contribution in [0.1, 0.15) is 36.5 Å². The molecule has 0 spiro atoms. The van der Waals surface area contributed by atoms with Gasteiger partial charge in [-0.1, -0.05) is 30.3 Å². The molecule has 0 bridgehead atoms. The van der Waals surface area contributed by atoms with E-state index in [0.29, 0.717) is 5.92 Å². The van der Waals surface area contributed by atoms with Crippen molar-refractivity contribution in [3.05, 3.63) is 60.1 Å². The van der Waals surface area contributed by atoms with Gasteiger partial charge < -0.3 is 14.6 Å². The molecule has 1 aliphatic carbocycles. The van der Waals surface area contributed by atoms with Gasteiger partial charge >= 0.3 is 0 Å². The van der Waals surface area contributed by atoms with Crippen LogP contribution in [0.4, 0.5) is 0 Å². The maximum absolute atomic E-state index is 12.2. The molecule has 28 heavy (non-hydrogen) atoms. The molecule has 1 aliphatic heterocycles. The molecule has 4 rings (SSSR count). The summed E-state index contributed by atoms with van der Waals surface area (Å²) in [6, 6.07) is 14.6. The molecule has 5 heteroatoms. The van der Waals surface area contributed by atoms with Crippen molar-refractivity contribution in [3.8, 4) is 0 Å². The van der Waals surface area contributed by atoms with E-state index in [9.17, 15) is 4.79 Å². The van der Waals surface area contributed by atoms with Crippen molar-refractivity contribution in [2.75, 3.05) is 39.3 Å². The number of furan rings is 1. The Morgan fingerprint density at radius 2 is 1.79 bits per heavy atom. The van der Waals surface area contributed by atoms with E-state index in [0.717, 1.165) is 70.8 Å². The number of nitrogens with one attached hydrogen (secondary N) is 1. The Morgan fingerprint density at radius 1 is 1.00 bits per heavy atom. The lowest BCUT2D eigenvalue weighted by atomic mass is 10.2. The van der Waals surface area contributed by atoms with E-state index in [2.05, 4.69) is 45.4 Å². The summed E-state index contributed by atoms with van der Waals surface area (Å²) in [5, 5.41) is 3.10. The summed E-state index contributed by atoms with van der Waals surface area (Å²) in [5.74, 6) is 1.55. The van der Waals surface area contributed by atoms with Crippen molar-refractivity contribution >= 4 is 5.91 Å². The molecular weight excluding hydrogens is 350 g/mol. The van der Waals surface area contributed by atoms with Crippen molar-refractivity contribution in [2.24, 2.45) is 5.92 Å². The Hall–Kier alpha value is -2.11. The molecule has 2 fully saturated rings. The SMILES string of the molecule is O=C(NCCCCN1CCN(Cc2ccccc2)CC1)C1CC1c1ccco1. The molecule has 2 aliphatic rings. The maximum Gasteiger partial charge on any atom is 0.223 e. The van der Waals surface area contributed by atoms with E-state index in [1.807, 2.05) is 12.1 Å². The van der Waals surface area contributed by atoms with E-state index >= 15 is 0 Å². The zero-order valence-corrected chi connectivity index (χ0v) is 16.6. The molecule has 1 aromatic carbocycles. The smallest absolute Gasteiger partial charge is 0.223 e. The topological polar surface area (TPSA) is 48.7 Å². The molecule has 1 N–H and O–H groups in total. The number of benzene rings is 1. The number of carbonyl (C=O) groups is 1. The third kappa shape index (κ3) is 5.24. The monoisotopic (exact) mass is 381 g/mol. The quantitative estimate of drug-likeness (QED) is 0.678. The zero-order valence-electron chi connectivity index (χ0n) is 16.6. The van der Waals surface area contributed by atoms with Gasteiger partial charge in [0.2, 0.25) is 5.91 Å². The van der Waals surface area contributed by atoms with Gasteiger partial charge in [0.05, 0.1) is 6.26 Å². The fraction of sp³-hybridized carbons (Fsp3) is 0.522. The average Bonchev–Trinajstić information content (AvgIpc) is 3.34. The standard InChI is InChI=1S/C23H31N3O2/c27-23(21-17-20(21)22-9-6-16-28-22)24-10-4-5-11-25-12-14-26(15-13-25)18-19-7-2-1-3-8-19/h1-3,6-9,16,20-21H,4-5,10-15,17-18H2,(H,24,27). The van der Waals surface area contributed by atoms with E-state index in [4.69, 9.17) is 4.42 Å². The summed E-state index contributed by atoms with van der Waals surface area (Å²) >= 11 is 0. The minimum atomic E-state index is 0.115. The summed E-state index contributed by atoms with van der Waals surface area (Å²) < 4.78 is 5.40. The van der Waals surface area contributed by atoms with Gasteiger partial charge in [0.1, 0.15) is 5.76 Å². The number of unbranched alkanes of at least 4 members (excludes halogenated alkanes) is 1. The van der Waals surface area contributed by atoms with Crippen LogP contribution < -0.4 is 5.32 Å². The summed E-state index contributed by atoms with van der Waals surface area (Å²) in [5.41, 5.74) is 1.40. The number of nitrogens with zero attached hydrogens (tertiary/aromatic N) is 2.